The van der Waals surface area contributed by atoms with Crippen molar-refractivity contribution in [1.82, 2.24) is 4.57 Å². The summed E-state index contributed by atoms with van der Waals surface area (Å²) in [4.78, 5) is 2.57. The molecule has 9 aromatic carbocycles. The average Bonchev–Trinajstić information content (AvgIpc) is 3.84. The van der Waals surface area contributed by atoms with E-state index < -0.39 is 0 Å². The first-order chi connectivity index (χ1) is 29.3. The Morgan fingerprint density at radius 2 is 0.867 bits per heavy atom. The van der Waals surface area contributed by atoms with Gasteiger partial charge in [-0.2, -0.15) is 0 Å². The fraction of sp³-hybridized carbons (Fsp3) is 0.103. The lowest BCUT2D eigenvalue weighted by Crippen LogP contribution is -2.17. The highest BCUT2D eigenvalue weighted by atomic mass is 15.1. The van der Waals surface area contributed by atoms with E-state index in [1.807, 2.05) is 0 Å². The second-order valence-electron chi connectivity index (χ2n) is 17.7. The van der Waals surface area contributed by atoms with Gasteiger partial charge in [0.05, 0.1) is 22.4 Å². The maximum absolute atomic E-state index is 2.57. The van der Waals surface area contributed by atoms with E-state index in [4.69, 9.17) is 0 Å². The highest BCUT2D eigenvalue weighted by Crippen LogP contribution is 2.58. The van der Waals surface area contributed by atoms with Gasteiger partial charge in [-0.25, -0.2) is 0 Å². The zero-order valence-corrected chi connectivity index (χ0v) is 34.4. The van der Waals surface area contributed by atoms with E-state index >= 15 is 0 Å². The summed E-state index contributed by atoms with van der Waals surface area (Å²) in [7, 11) is 0. The highest BCUT2D eigenvalue weighted by molar-refractivity contribution is 6.10. The zero-order chi connectivity index (χ0) is 40.3. The van der Waals surface area contributed by atoms with Crippen LogP contribution in [0.3, 0.4) is 0 Å². The molecule has 12 rings (SSSR count). The number of anilines is 3. The summed E-state index contributed by atoms with van der Waals surface area (Å²) in [6.07, 6.45) is 0. The number of aromatic nitrogens is 1. The number of fused-ring (bicyclic) bond motifs is 10. The normalized spacial score (nSPS) is 14.3. The molecule has 2 aliphatic carbocycles. The molecule has 0 spiro atoms. The number of hydrogen-bond donors (Lipinski definition) is 0. The molecule has 0 atom stereocenters. The van der Waals surface area contributed by atoms with Crippen molar-refractivity contribution in [3.63, 3.8) is 0 Å². The lowest BCUT2D eigenvalue weighted by Gasteiger charge is -2.31. The minimum absolute atomic E-state index is 0.130. The van der Waals surface area contributed by atoms with Crippen LogP contribution in [-0.4, -0.2) is 4.57 Å². The highest BCUT2D eigenvalue weighted by Gasteiger charge is 2.40. The monoisotopic (exact) mass is 768 g/mol. The number of rotatable bonds is 5. The van der Waals surface area contributed by atoms with Crippen molar-refractivity contribution in [1.29, 1.82) is 0 Å². The van der Waals surface area contributed by atoms with Crippen LogP contribution in [0.2, 0.25) is 0 Å². The van der Waals surface area contributed by atoms with Gasteiger partial charge in [-0.3, -0.25) is 0 Å². The Labute approximate surface area is 351 Å². The Bertz CT molecular complexity index is 3230. The summed E-state index contributed by atoms with van der Waals surface area (Å²) in [5, 5.41) is 4.98. The first kappa shape index (κ1) is 34.8. The lowest BCUT2D eigenvalue weighted by atomic mass is 9.82. The average molecular weight is 769 g/mol. The van der Waals surface area contributed by atoms with E-state index in [1.54, 1.807) is 0 Å². The molecule has 0 fully saturated rings. The summed E-state index contributed by atoms with van der Waals surface area (Å²) in [6, 6.07) is 72.4. The van der Waals surface area contributed by atoms with Crippen molar-refractivity contribution in [2.75, 3.05) is 4.90 Å². The van der Waals surface area contributed by atoms with E-state index in [-0.39, 0.29) is 10.8 Å². The molecule has 0 radical (unpaired) electrons. The number of para-hydroxylation sites is 2. The molecule has 2 aliphatic rings. The van der Waals surface area contributed by atoms with Crippen LogP contribution in [-0.2, 0) is 10.8 Å². The molecular formula is C58H44N2. The smallest absolute Gasteiger partial charge is 0.0543 e. The molecule has 0 saturated heterocycles. The molecule has 1 heterocycles. The summed E-state index contributed by atoms with van der Waals surface area (Å²) >= 11 is 0. The predicted molar refractivity (Wildman–Crippen MR) is 254 cm³/mol. The van der Waals surface area contributed by atoms with Crippen LogP contribution in [0.15, 0.2) is 194 Å². The quantitative estimate of drug-likeness (QED) is 0.169. The first-order valence-corrected chi connectivity index (χ1v) is 21.2. The Kier molecular flexibility index (Phi) is 7.36. The van der Waals surface area contributed by atoms with Crippen LogP contribution in [0.1, 0.15) is 49.9 Å². The van der Waals surface area contributed by atoms with E-state index in [0.29, 0.717) is 0 Å². The maximum Gasteiger partial charge on any atom is 0.0543 e. The molecule has 0 N–H and O–H groups in total. The van der Waals surface area contributed by atoms with Crippen LogP contribution < -0.4 is 4.90 Å². The van der Waals surface area contributed by atoms with Crippen LogP contribution in [0, 0.1) is 0 Å². The molecule has 0 aliphatic heterocycles. The van der Waals surface area contributed by atoms with Crippen molar-refractivity contribution in [2.45, 2.75) is 38.5 Å². The second-order valence-corrected chi connectivity index (χ2v) is 17.7. The molecule has 0 bridgehead atoms. The van der Waals surface area contributed by atoms with E-state index in [1.165, 1.54) is 99.6 Å². The second kappa shape index (κ2) is 12.7. The molecule has 0 amide bonds. The molecule has 286 valence electrons. The van der Waals surface area contributed by atoms with Gasteiger partial charge >= 0.3 is 0 Å². The Morgan fingerprint density at radius 3 is 1.47 bits per heavy atom. The summed E-state index contributed by atoms with van der Waals surface area (Å²) in [6.45, 7) is 9.50. The Morgan fingerprint density at radius 1 is 0.383 bits per heavy atom. The maximum atomic E-state index is 2.57. The molecule has 0 unspecified atom stereocenters. The van der Waals surface area contributed by atoms with Gasteiger partial charge in [0.2, 0.25) is 0 Å². The minimum Gasteiger partial charge on any atom is -0.309 e. The predicted octanol–water partition coefficient (Wildman–Crippen LogP) is 15.7. The fourth-order valence-corrected chi connectivity index (χ4v) is 10.9. The van der Waals surface area contributed by atoms with E-state index in [0.717, 1.165) is 11.4 Å². The van der Waals surface area contributed by atoms with Crippen LogP contribution in [0.5, 0.6) is 0 Å². The topological polar surface area (TPSA) is 8.17 Å². The third kappa shape index (κ3) is 4.82. The van der Waals surface area contributed by atoms with Crippen molar-refractivity contribution >= 4 is 49.6 Å². The minimum atomic E-state index is -0.130. The Hall–Kier alpha value is -7.16. The number of benzene rings is 9. The van der Waals surface area contributed by atoms with Crippen molar-refractivity contribution in [3.8, 4) is 39.1 Å². The van der Waals surface area contributed by atoms with E-state index in [9.17, 15) is 0 Å². The molecule has 2 heteroatoms. The first-order valence-electron chi connectivity index (χ1n) is 21.2. The molecule has 1 aromatic heterocycles. The van der Waals surface area contributed by atoms with Crippen molar-refractivity contribution in [3.05, 3.63) is 216 Å². The van der Waals surface area contributed by atoms with Gasteiger partial charge < -0.3 is 9.47 Å². The summed E-state index contributed by atoms with van der Waals surface area (Å²) < 4.78 is 2.44. The van der Waals surface area contributed by atoms with Crippen molar-refractivity contribution < 1.29 is 0 Å². The molecular weight excluding hydrogens is 725 g/mol. The zero-order valence-electron chi connectivity index (χ0n) is 34.4. The molecule has 10 aromatic rings. The fourth-order valence-electron chi connectivity index (χ4n) is 10.9. The Balaban J connectivity index is 1.13. The van der Waals surface area contributed by atoms with Gasteiger partial charge in [-0.15, -0.1) is 0 Å². The SMILES string of the molecule is CC1(C)c2ccccc2-c2c(N(c3cccc(-c4cc(-n5c6ccccc6c6ccccc65)cc5ccccc45)c3)c3cccc4c3-c3ccccc3C4(C)C)cccc21. The van der Waals surface area contributed by atoms with Gasteiger partial charge in [0, 0.05) is 44.1 Å². The third-order valence-electron chi connectivity index (χ3n) is 13.8. The van der Waals surface area contributed by atoms with Gasteiger partial charge in [-0.05, 0) is 104 Å². The molecule has 60 heavy (non-hydrogen) atoms. The van der Waals surface area contributed by atoms with Gasteiger partial charge in [0.25, 0.3) is 0 Å². The molecule has 2 nitrogen and oxygen atoms in total. The number of hydrogen-bond acceptors (Lipinski definition) is 1. The lowest BCUT2D eigenvalue weighted by molar-refractivity contribution is 0.660. The van der Waals surface area contributed by atoms with Crippen LogP contribution >= 0.6 is 0 Å². The largest absolute Gasteiger partial charge is 0.309 e. The van der Waals surface area contributed by atoms with Crippen LogP contribution in [0.25, 0.3) is 71.6 Å². The summed E-state index contributed by atoms with van der Waals surface area (Å²) in [5.74, 6) is 0. The van der Waals surface area contributed by atoms with Crippen molar-refractivity contribution in [2.24, 2.45) is 0 Å². The standard InChI is InChI=1S/C58H44N2/c1-57(2)47-26-11-7-24-44(47)55-49(57)28-16-32-53(55)59(54-33-17-29-50-56(54)45-25-8-12-27-48(45)58(50,3)4)39-20-15-19-38(34-39)46-36-40(35-37-18-5-6-21-41(37)46)60-51-30-13-9-22-42(51)43-23-10-14-31-52(43)60/h5-36H,1-4H3. The molecule has 0 saturated carbocycles. The number of nitrogens with zero attached hydrogens (tertiary/aromatic N) is 2. The van der Waals surface area contributed by atoms with Crippen LogP contribution in [0.4, 0.5) is 17.1 Å². The van der Waals surface area contributed by atoms with Gasteiger partial charge in [-0.1, -0.05) is 173 Å². The van der Waals surface area contributed by atoms with Gasteiger partial charge in [0.1, 0.15) is 0 Å². The van der Waals surface area contributed by atoms with E-state index in [2.05, 4.69) is 231 Å². The van der Waals surface area contributed by atoms with Gasteiger partial charge in [0.15, 0.2) is 0 Å². The third-order valence-corrected chi connectivity index (χ3v) is 13.8. The summed E-state index contributed by atoms with van der Waals surface area (Å²) in [5.41, 5.74) is 19.9.